The first kappa shape index (κ1) is 16.5. The Morgan fingerprint density at radius 3 is 2.62 bits per heavy atom. The molecule has 1 aromatic heterocycles. The highest BCUT2D eigenvalue weighted by Crippen LogP contribution is 2.23. The largest absolute Gasteiger partial charge is 0.366 e. The van der Waals surface area contributed by atoms with Gasteiger partial charge in [-0.05, 0) is 42.8 Å². The van der Waals surface area contributed by atoms with Crippen molar-refractivity contribution in [2.75, 3.05) is 0 Å². The maximum absolute atomic E-state index is 12.1. The fourth-order valence-electron chi connectivity index (χ4n) is 2.55. The molecule has 122 valence electrons. The fourth-order valence-corrected chi connectivity index (χ4v) is 3.02. The maximum atomic E-state index is 12.1. The predicted octanol–water partition coefficient (Wildman–Crippen LogP) is 3.16. The van der Waals surface area contributed by atoms with Crippen molar-refractivity contribution in [1.82, 2.24) is 9.55 Å². The van der Waals surface area contributed by atoms with Crippen molar-refractivity contribution in [3.05, 3.63) is 73.7 Å². The Hall–Kier alpha value is -2.37. The second-order valence-electron chi connectivity index (χ2n) is 5.38. The van der Waals surface area contributed by atoms with Gasteiger partial charge in [0.05, 0.1) is 17.4 Å². The number of nitrogens with two attached hydrogens (primary N) is 1. The van der Waals surface area contributed by atoms with Crippen molar-refractivity contribution < 1.29 is 4.79 Å². The molecule has 7 heteroatoms. The van der Waals surface area contributed by atoms with E-state index in [1.165, 1.54) is 6.07 Å². The lowest BCUT2D eigenvalue weighted by molar-refractivity contribution is 0.100. The fraction of sp³-hybridized carbons (Fsp3) is 0.118. The molecule has 2 N–H and O–H groups in total. The van der Waals surface area contributed by atoms with Crippen LogP contribution >= 0.6 is 23.2 Å². The summed E-state index contributed by atoms with van der Waals surface area (Å²) in [6.07, 6.45) is 0. The average molecular weight is 362 g/mol. The quantitative estimate of drug-likeness (QED) is 0.778. The lowest BCUT2D eigenvalue weighted by Crippen LogP contribution is -2.19. The molecule has 1 heterocycles. The van der Waals surface area contributed by atoms with E-state index in [0.29, 0.717) is 38.9 Å². The van der Waals surface area contributed by atoms with E-state index >= 15 is 0 Å². The highest BCUT2D eigenvalue weighted by molar-refractivity contribution is 6.35. The predicted molar refractivity (Wildman–Crippen MR) is 94.8 cm³/mol. The van der Waals surface area contributed by atoms with Crippen LogP contribution in [0.25, 0.3) is 10.9 Å². The third kappa shape index (κ3) is 3.00. The van der Waals surface area contributed by atoms with E-state index in [4.69, 9.17) is 28.9 Å². The summed E-state index contributed by atoms with van der Waals surface area (Å²) in [4.78, 5) is 27.6. The van der Waals surface area contributed by atoms with E-state index < -0.39 is 5.91 Å². The number of halogens is 2. The van der Waals surface area contributed by atoms with Gasteiger partial charge < -0.3 is 10.3 Å². The molecule has 0 spiro atoms. The van der Waals surface area contributed by atoms with Gasteiger partial charge in [-0.15, -0.1) is 0 Å². The van der Waals surface area contributed by atoms with Crippen LogP contribution < -0.4 is 11.3 Å². The molecule has 0 saturated carbocycles. The van der Waals surface area contributed by atoms with Gasteiger partial charge in [-0.25, -0.2) is 0 Å². The lowest BCUT2D eigenvalue weighted by Gasteiger charge is -2.15. The van der Waals surface area contributed by atoms with Gasteiger partial charge in [-0.1, -0.05) is 29.3 Å². The Balaban J connectivity index is 2.24. The van der Waals surface area contributed by atoms with Crippen molar-refractivity contribution >= 4 is 40.0 Å². The van der Waals surface area contributed by atoms with E-state index in [-0.39, 0.29) is 5.56 Å². The zero-order chi connectivity index (χ0) is 17.4. The van der Waals surface area contributed by atoms with Crippen LogP contribution in [0.15, 0.2) is 41.2 Å². The normalized spacial score (nSPS) is 11.0. The number of benzene rings is 2. The molecular formula is C17H13Cl2N3O2. The van der Waals surface area contributed by atoms with Crippen molar-refractivity contribution in [2.24, 2.45) is 5.73 Å². The van der Waals surface area contributed by atoms with Crippen molar-refractivity contribution in [3.63, 3.8) is 0 Å². The molecule has 0 atom stereocenters. The molecule has 24 heavy (non-hydrogen) atoms. The molecule has 0 aliphatic carbocycles. The molecule has 0 fully saturated rings. The Labute approximate surface area is 147 Å². The van der Waals surface area contributed by atoms with Gasteiger partial charge in [0.1, 0.15) is 5.82 Å². The molecule has 0 aliphatic rings. The first-order chi connectivity index (χ1) is 11.4. The van der Waals surface area contributed by atoms with E-state index in [2.05, 4.69) is 4.98 Å². The molecule has 0 unspecified atom stereocenters. The summed E-state index contributed by atoms with van der Waals surface area (Å²) in [5, 5.41) is 1.47. The molecule has 0 radical (unpaired) electrons. The number of carbonyl (C=O) groups excluding carboxylic acids is 1. The second kappa shape index (κ2) is 6.26. The summed E-state index contributed by atoms with van der Waals surface area (Å²) in [6, 6.07) is 9.88. The van der Waals surface area contributed by atoms with Gasteiger partial charge in [-0.2, -0.15) is 4.98 Å². The Morgan fingerprint density at radius 1 is 1.21 bits per heavy atom. The standard InChI is InChI=1S/C17H13Cl2N3O2/c1-9-21-17(24)13-5-3-10(16(20)23)6-15(13)22(9)8-11-2-4-12(18)7-14(11)19/h2-7H,8H2,1H3,(H2,20,23). The van der Waals surface area contributed by atoms with Crippen LogP contribution in [-0.2, 0) is 6.54 Å². The average Bonchev–Trinajstić information content (AvgIpc) is 2.52. The topological polar surface area (TPSA) is 78.0 Å². The number of nitrogens with zero attached hydrogens (tertiary/aromatic N) is 2. The maximum Gasteiger partial charge on any atom is 0.280 e. The number of aryl methyl sites for hydroxylation is 1. The first-order valence-corrected chi connectivity index (χ1v) is 7.87. The number of primary amides is 1. The number of aromatic nitrogens is 2. The molecule has 1 amide bonds. The summed E-state index contributed by atoms with van der Waals surface area (Å²) in [5.41, 5.74) is 6.72. The van der Waals surface area contributed by atoms with Crippen LogP contribution in [0.3, 0.4) is 0 Å². The first-order valence-electron chi connectivity index (χ1n) is 7.12. The van der Waals surface area contributed by atoms with Crippen molar-refractivity contribution in [1.29, 1.82) is 0 Å². The number of fused-ring (bicyclic) bond motifs is 1. The van der Waals surface area contributed by atoms with Gasteiger partial charge in [0, 0.05) is 15.6 Å². The van der Waals surface area contributed by atoms with E-state index in [1.807, 2.05) is 10.6 Å². The number of amides is 1. The minimum absolute atomic E-state index is 0.323. The molecule has 0 saturated heterocycles. The minimum Gasteiger partial charge on any atom is -0.366 e. The Kier molecular flexibility index (Phi) is 4.30. The monoisotopic (exact) mass is 361 g/mol. The summed E-state index contributed by atoms with van der Waals surface area (Å²) in [6.45, 7) is 2.11. The molecule has 5 nitrogen and oxygen atoms in total. The molecule has 0 aliphatic heterocycles. The summed E-state index contributed by atoms with van der Waals surface area (Å²) >= 11 is 12.2. The summed E-state index contributed by atoms with van der Waals surface area (Å²) in [5.74, 6) is -0.0463. The molecule has 0 bridgehead atoms. The van der Waals surface area contributed by atoms with Gasteiger partial charge in [0.25, 0.3) is 5.56 Å². The van der Waals surface area contributed by atoms with Crippen LogP contribution in [0.4, 0.5) is 0 Å². The van der Waals surface area contributed by atoms with Crippen molar-refractivity contribution in [3.8, 4) is 0 Å². The second-order valence-corrected chi connectivity index (χ2v) is 6.23. The van der Waals surface area contributed by atoms with Crippen LogP contribution in [-0.4, -0.2) is 15.5 Å². The van der Waals surface area contributed by atoms with E-state index in [9.17, 15) is 9.59 Å². The number of rotatable bonds is 3. The lowest BCUT2D eigenvalue weighted by atomic mass is 10.1. The Morgan fingerprint density at radius 2 is 1.96 bits per heavy atom. The van der Waals surface area contributed by atoms with E-state index in [1.54, 1.807) is 31.2 Å². The van der Waals surface area contributed by atoms with Crippen molar-refractivity contribution in [2.45, 2.75) is 13.5 Å². The number of carbonyl (C=O) groups is 1. The summed E-state index contributed by atoms with van der Waals surface area (Å²) in [7, 11) is 0. The van der Waals surface area contributed by atoms with Crippen LogP contribution in [0.2, 0.25) is 10.0 Å². The molecule has 3 rings (SSSR count). The van der Waals surface area contributed by atoms with Crippen LogP contribution in [0, 0.1) is 6.92 Å². The third-order valence-electron chi connectivity index (χ3n) is 3.80. The van der Waals surface area contributed by atoms with E-state index in [0.717, 1.165) is 5.56 Å². The smallest absolute Gasteiger partial charge is 0.280 e. The van der Waals surface area contributed by atoms with Gasteiger partial charge in [-0.3, -0.25) is 9.59 Å². The highest BCUT2D eigenvalue weighted by atomic mass is 35.5. The third-order valence-corrected chi connectivity index (χ3v) is 4.39. The van der Waals surface area contributed by atoms with Gasteiger partial charge in [0.2, 0.25) is 5.91 Å². The van der Waals surface area contributed by atoms with Crippen LogP contribution in [0.5, 0.6) is 0 Å². The highest BCUT2D eigenvalue weighted by Gasteiger charge is 2.12. The minimum atomic E-state index is -0.560. The molecule has 2 aromatic carbocycles. The summed E-state index contributed by atoms with van der Waals surface area (Å²) < 4.78 is 1.82. The van der Waals surface area contributed by atoms with Gasteiger partial charge in [0.15, 0.2) is 0 Å². The SMILES string of the molecule is Cc1nc(=O)c2ccc(C(N)=O)cc2n1Cc1ccc(Cl)cc1Cl. The number of hydrogen-bond donors (Lipinski definition) is 1. The number of hydrogen-bond acceptors (Lipinski definition) is 3. The zero-order valence-electron chi connectivity index (χ0n) is 12.7. The zero-order valence-corrected chi connectivity index (χ0v) is 14.2. The molecule has 3 aromatic rings. The van der Waals surface area contributed by atoms with Gasteiger partial charge >= 0.3 is 0 Å². The van der Waals surface area contributed by atoms with Crippen LogP contribution in [0.1, 0.15) is 21.7 Å². The molecular weight excluding hydrogens is 349 g/mol. The Bertz CT molecular complexity index is 1030.